The molecule has 0 fully saturated rings. The van der Waals surface area contributed by atoms with Crippen molar-refractivity contribution in [3.63, 3.8) is 0 Å². The molecule has 0 amide bonds. The summed E-state index contributed by atoms with van der Waals surface area (Å²) < 4.78 is 4.73. The Bertz CT molecular complexity index is 205. The third-order valence-corrected chi connectivity index (χ3v) is 1.76. The van der Waals surface area contributed by atoms with E-state index in [4.69, 9.17) is 21.2 Å². The van der Waals surface area contributed by atoms with Gasteiger partial charge >= 0.3 is 5.97 Å². The van der Waals surface area contributed by atoms with Crippen LogP contribution in [-0.4, -0.2) is 30.3 Å². The molecule has 1 heterocycles. The number of carbonyl (C=O) groups excluding carboxylic acids is 1. The minimum Gasteiger partial charge on any atom is -0.461 e. The molecule has 0 aliphatic carbocycles. The molecular formula is C7H10ClNO3. The molecule has 0 saturated heterocycles. The van der Waals surface area contributed by atoms with Crippen molar-refractivity contribution in [3.8, 4) is 0 Å². The quantitative estimate of drug-likeness (QED) is 0.493. The van der Waals surface area contributed by atoms with E-state index in [1.54, 1.807) is 6.92 Å². The van der Waals surface area contributed by atoms with Crippen LogP contribution >= 0.6 is 11.6 Å². The van der Waals surface area contributed by atoms with Crippen molar-refractivity contribution >= 4 is 23.3 Å². The van der Waals surface area contributed by atoms with Gasteiger partial charge in [0.2, 0.25) is 0 Å². The van der Waals surface area contributed by atoms with Crippen LogP contribution in [0.4, 0.5) is 0 Å². The number of esters is 1. The van der Waals surface area contributed by atoms with Gasteiger partial charge in [0, 0.05) is 6.42 Å². The second-order valence-electron chi connectivity index (χ2n) is 2.34. The van der Waals surface area contributed by atoms with E-state index in [0.717, 1.165) is 0 Å². The lowest BCUT2D eigenvalue weighted by Gasteiger charge is -2.00. The maximum atomic E-state index is 11.0. The average molecular weight is 192 g/mol. The molecule has 0 aromatic rings. The van der Waals surface area contributed by atoms with Gasteiger partial charge in [0.25, 0.3) is 0 Å². The number of alkyl halides is 1. The van der Waals surface area contributed by atoms with Crippen LogP contribution in [-0.2, 0) is 14.4 Å². The molecule has 0 saturated carbocycles. The SMILES string of the molecule is CCOC(=O)C1=NO[C@@H](CCl)C1. The lowest BCUT2D eigenvalue weighted by Crippen LogP contribution is -2.18. The normalized spacial score (nSPS) is 21.5. The Balaban J connectivity index is 2.40. The second-order valence-corrected chi connectivity index (χ2v) is 2.65. The van der Waals surface area contributed by atoms with Crippen LogP contribution in [0.1, 0.15) is 13.3 Å². The number of hydrogen-bond acceptors (Lipinski definition) is 4. The summed E-state index contributed by atoms with van der Waals surface area (Å²) in [6, 6.07) is 0. The highest BCUT2D eigenvalue weighted by molar-refractivity contribution is 6.36. The summed E-state index contributed by atoms with van der Waals surface area (Å²) in [6.07, 6.45) is 0.272. The minimum absolute atomic E-state index is 0.175. The van der Waals surface area contributed by atoms with E-state index in [-0.39, 0.29) is 6.10 Å². The third-order valence-electron chi connectivity index (χ3n) is 1.42. The molecule has 1 aliphatic rings. The van der Waals surface area contributed by atoms with E-state index in [1.165, 1.54) is 0 Å². The van der Waals surface area contributed by atoms with Crippen molar-refractivity contribution in [2.24, 2.45) is 5.16 Å². The van der Waals surface area contributed by atoms with Crippen LogP contribution in [0.3, 0.4) is 0 Å². The Morgan fingerprint density at radius 3 is 3.17 bits per heavy atom. The molecule has 5 heteroatoms. The van der Waals surface area contributed by atoms with E-state index in [9.17, 15) is 4.79 Å². The van der Waals surface area contributed by atoms with Crippen molar-refractivity contribution in [1.82, 2.24) is 0 Å². The fourth-order valence-electron chi connectivity index (χ4n) is 0.846. The fourth-order valence-corrected chi connectivity index (χ4v) is 1.01. The van der Waals surface area contributed by atoms with Gasteiger partial charge in [-0.3, -0.25) is 0 Å². The molecule has 1 rings (SSSR count). The Morgan fingerprint density at radius 1 is 1.92 bits per heavy atom. The first kappa shape index (κ1) is 9.32. The smallest absolute Gasteiger partial charge is 0.356 e. The first-order valence-electron chi connectivity index (χ1n) is 3.73. The Hall–Kier alpha value is -0.770. The molecule has 68 valence electrons. The topological polar surface area (TPSA) is 47.9 Å². The van der Waals surface area contributed by atoms with Gasteiger partial charge < -0.3 is 9.57 Å². The maximum absolute atomic E-state index is 11.0. The fraction of sp³-hybridized carbons (Fsp3) is 0.714. The summed E-state index contributed by atoms with van der Waals surface area (Å²) in [5.41, 5.74) is 0.322. The summed E-state index contributed by atoms with van der Waals surface area (Å²) in [5.74, 6) is -0.0722. The van der Waals surface area contributed by atoms with E-state index in [1.807, 2.05) is 0 Å². The summed E-state index contributed by atoms with van der Waals surface area (Å²) in [4.78, 5) is 15.9. The number of nitrogens with zero attached hydrogens (tertiary/aromatic N) is 1. The van der Waals surface area contributed by atoms with Gasteiger partial charge in [-0.05, 0) is 6.92 Å². The summed E-state index contributed by atoms with van der Waals surface area (Å²) in [6.45, 7) is 2.09. The van der Waals surface area contributed by atoms with Crippen LogP contribution in [0.5, 0.6) is 0 Å². The monoisotopic (exact) mass is 191 g/mol. The van der Waals surface area contributed by atoms with Crippen molar-refractivity contribution in [2.75, 3.05) is 12.5 Å². The molecule has 1 aliphatic heterocycles. The molecule has 0 unspecified atom stereocenters. The standard InChI is InChI=1S/C7H10ClNO3/c1-2-11-7(10)6-3-5(4-8)12-9-6/h5H,2-4H2,1H3/t5-/m1/s1. The van der Waals surface area contributed by atoms with Crippen LogP contribution < -0.4 is 0 Å². The van der Waals surface area contributed by atoms with Gasteiger partial charge in [-0.2, -0.15) is 0 Å². The number of ether oxygens (including phenoxy) is 1. The molecular weight excluding hydrogens is 182 g/mol. The van der Waals surface area contributed by atoms with Gasteiger partial charge in [0.05, 0.1) is 12.5 Å². The number of hydrogen-bond donors (Lipinski definition) is 0. The third kappa shape index (κ3) is 2.11. The number of carbonyl (C=O) groups is 1. The zero-order chi connectivity index (χ0) is 8.97. The first-order valence-corrected chi connectivity index (χ1v) is 4.27. The molecule has 0 aromatic carbocycles. The lowest BCUT2D eigenvalue weighted by molar-refractivity contribution is -0.135. The van der Waals surface area contributed by atoms with Gasteiger partial charge in [0.1, 0.15) is 6.10 Å². The first-order chi connectivity index (χ1) is 5.77. The van der Waals surface area contributed by atoms with Crippen LogP contribution in [0.15, 0.2) is 5.16 Å². The van der Waals surface area contributed by atoms with Crippen molar-refractivity contribution in [3.05, 3.63) is 0 Å². The van der Waals surface area contributed by atoms with E-state index >= 15 is 0 Å². The Kier molecular flexibility index (Phi) is 3.34. The zero-order valence-electron chi connectivity index (χ0n) is 6.75. The molecule has 0 radical (unpaired) electrons. The van der Waals surface area contributed by atoms with Crippen LogP contribution in [0.2, 0.25) is 0 Å². The van der Waals surface area contributed by atoms with Crippen molar-refractivity contribution in [1.29, 1.82) is 0 Å². The molecule has 4 nitrogen and oxygen atoms in total. The largest absolute Gasteiger partial charge is 0.461 e. The summed E-state index contributed by atoms with van der Waals surface area (Å²) in [7, 11) is 0. The molecule has 1 atom stereocenters. The number of rotatable bonds is 3. The highest BCUT2D eigenvalue weighted by atomic mass is 35.5. The number of halogens is 1. The second kappa shape index (κ2) is 4.30. The summed E-state index contributed by atoms with van der Waals surface area (Å²) in [5, 5.41) is 3.56. The van der Waals surface area contributed by atoms with Crippen molar-refractivity contribution in [2.45, 2.75) is 19.4 Å². The lowest BCUT2D eigenvalue weighted by atomic mass is 10.2. The molecule has 12 heavy (non-hydrogen) atoms. The average Bonchev–Trinajstić information content (AvgIpc) is 2.52. The molecule has 0 aromatic heterocycles. The highest BCUT2D eigenvalue weighted by Crippen LogP contribution is 2.12. The van der Waals surface area contributed by atoms with Gasteiger partial charge in [0.15, 0.2) is 5.71 Å². The predicted molar refractivity (Wildman–Crippen MR) is 44.3 cm³/mol. The molecule has 0 bridgehead atoms. The maximum Gasteiger partial charge on any atom is 0.356 e. The molecule has 0 spiro atoms. The Labute approximate surface area is 75.5 Å². The van der Waals surface area contributed by atoms with Crippen molar-refractivity contribution < 1.29 is 14.4 Å². The van der Waals surface area contributed by atoms with E-state index in [2.05, 4.69) is 5.16 Å². The van der Waals surface area contributed by atoms with E-state index < -0.39 is 5.97 Å². The van der Waals surface area contributed by atoms with E-state index in [0.29, 0.717) is 24.6 Å². The zero-order valence-corrected chi connectivity index (χ0v) is 7.50. The minimum atomic E-state index is -0.412. The van der Waals surface area contributed by atoms with Gasteiger partial charge in [-0.15, -0.1) is 11.6 Å². The van der Waals surface area contributed by atoms with Gasteiger partial charge in [-0.1, -0.05) is 5.16 Å². The Morgan fingerprint density at radius 2 is 2.67 bits per heavy atom. The van der Waals surface area contributed by atoms with Crippen LogP contribution in [0, 0.1) is 0 Å². The highest BCUT2D eigenvalue weighted by Gasteiger charge is 2.25. The van der Waals surface area contributed by atoms with Gasteiger partial charge in [-0.25, -0.2) is 4.79 Å². The number of oxime groups is 1. The molecule has 0 N–H and O–H groups in total. The predicted octanol–water partition coefficient (Wildman–Crippen LogP) is 0.933. The summed E-state index contributed by atoms with van der Waals surface area (Å²) >= 11 is 5.50. The van der Waals surface area contributed by atoms with Crippen LogP contribution in [0.25, 0.3) is 0 Å².